The third-order valence-corrected chi connectivity index (χ3v) is 2.64. The van der Waals surface area contributed by atoms with Gasteiger partial charge < -0.3 is 19.9 Å². The van der Waals surface area contributed by atoms with Gasteiger partial charge in [0, 0.05) is 32.4 Å². The van der Waals surface area contributed by atoms with E-state index in [4.69, 9.17) is 9.47 Å². The number of methoxy groups -OCH3 is 1. The average molecular weight is 253 g/mol. The standard InChI is InChI=1S/C14H23NO3/c1-4-18-13-7-5-6-12(14(13)16)9-15-8-11(2)10-17-3/h5-7,11,15-16H,4,8-10H2,1-3H3. The first-order valence-electron chi connectivity index (χ1n) is 6.32. The van der Waals surface area contributed by atoms with Gasteiger partial charge >= 0.3 is 0 Å². The lowest BCUT2D eigenvalue weighted by Crippen LogP contribution is -2.23. The van der Waals surface area contributed by atoms with Crippen LogP contribution in [0.5, 0.6) is 11.5 Å². The van der Waals surface area contributed by atoms with Gasteiger partial charge in [-0.2, -0.15) is 0 Å². The molecular weight excluding hydrogens is 230 g/mol. The lowest BCUT2D eigenvalue weighted by atomic mass is 10.1. The van der Waals surface area contributed by atoms with Gasteiger partial charge in [-0.1, -0.05) is 19.1 Å². The fraction of sp³-hybridized carbons (Fsp3) is 0.571. The van der Waals surface area contributed by atoms with Crippen molar-refractivity contribution in [2.75, 3.05) is 26.9 Å². The van der Waals surface area contributed by atoms with E-state index in [1.54, 1.807) is 13.2 Å². The summed E-state index contributed by atoms with van der Waals surface area (Å²) in [5.41, 5.74) is 0.852. The molecule has 0 saturated heterocycles. The maximum atomic E-state index is 10.00. The molecule has 18 heavy (non-hydrogen) atoms. The van der Waals surface area contributed by atoms with Crippen LogP contribution in [0, 0.1) is 5.92 Å². The van der Waals surface area contributed by atoms with E-state index in [2.05, 4.69) is 12.2 Å². The zero-order valence-corrected chi connectivity index (χ0v) is 11.4. The van der Waals surface area contributed by atoms with E-state index in [1.807, 2.05) is 19.1 Å². The van der Waals surface area contributed by atoms with Gasteiger partial charge in [0.1, 0.15) is 0 Å². The molecule has 1 aromatic carbocycles. The predicted octanol–water partition coefficient (Wildman–Crippen LogP) is 2.16. The molecule has 0 aliphatic carbocycles. The van der Waals surface area contributed by atoms with Gasteiger partial charge in [-0.05, 0) is 18.9 Å². The van der Waals surface area contributed by atoms with Crippen molar-refractivity contribution in [1.82, 2.24) is 5.32 Å². The van der Waals surface area contributed by atoms with Crippen LogP contribution in [0.3, 0.4) is 0 Å². The number of hydrogen-bond acceptors (Lipinski definition) is 4. The van der Waals surface area contributed by atoms with E-state index >= 15 is 0 Å². The lowest BCUT2D eigenvalue weighted by molar-refractivity contribution is 0.158. The minimum absolute atomic E-state index is 0.228. The quantitative estimate of drug-likeness (QED) is 0.745. The van der Waals surface area contributed by atoms with Gasteiger partial charge in [0.25, 0.3) is 0 Å². The van der Waals surface area contributed by atoms with Crippen molar-refractivity contribution >= 4 is 0 Å². The monoisotopic (exact) mass is 253 g/mol. The Kier molecular flexibility index (Phi) is 6.54. The summed E-state index contributed by atoms with van der Waals surface area (Å²) < 4.78 is 10.4. The normalized spacial score (nSPS) is 12.4. The highest BCUT2D eigenvalue weighted by Crippen LogP contribution is 2.29. The second kappa shape index (κ2) is 7.95. The number of benzene rings is 1. The lowest BCUT2D eigenvalue weighted by Gasteiger charge is -2.13. The Morgan fingerprint density at radius 2 is 2.17 bits per heavy atom. The molecule has 102 valence electrons. The van der Waals surface area contributed by atoms with Crippen LogP contribution in [0.1, 0.15) is 19.4 Å². The fourth-order valence-electron chi connectivity index (χ4n) is 1.78. The third-order valence-electron chi connectivity index (χ3n) is 2.64. The molecule has 0 fully saturated rings. The molecule has 1 rings (SSSR count). The predicted molar refractivity (Wildman–Crippen MR) is 72.0 cm³/mol. The average Bonchev–Trinajstić information content (AvgIpc) is 2.34. The van der Waals surface area contributed by atoms with Crippen molar-refractivity contribution in [2.24, 2.45) is 5.92 Å². The van der Waals surface area contributed by atoms with Crippen LogP contribution in [0.4, 0.5) is 0 Å². The van der Waals surface area contributed by atoms with Crippen LogP contribution in [0.2, 0.25) is 0 Å². The zero-order chi connectivity index (χ0) is 13.4. The van der Waals surface area contributed by atoms with Crippen LogP contribution in [0.25, 0.3) is 0 Å². The van der Waals surface area contributed by atoms with Gasteiger partial charge in [-0.3, -0.25) is 0 Å². The maximum Gasteiger partial charge on any atom is 0.162 e. The molecule has 4 nitrogen and oxygen atoms in total. The van der Waals surface area contributed by atoms with Gasteiger partial charge in [-0.25, -0.2) is 0 Å². The summed E-state index contributed by atoms with van der Waals surface area (Å²) in [6, 6.07) is 5.56. The molecule has 0 radical (unpaired) electrons. The molecule has 0 heterocycles. The molecule has 1 atom stereocenters. The molecule has 1 aromatic rings. The summed E-state index contributed by atoms with van der Waals surface area (Å²) in [7, 11) is 1.70. The first kappa shape index (κ1) is 14.8. The third kappa shape index (κ3) is 4.55. The number of phenols is 1. The Morgan fingerprint density at radius 3 is 2.83 bits per heavy atom. The van der Waals surface area contributed by atoms with Crippen LogP contribution in [-0.4, -0.2) is 32.0 Å². The van der Waals surface area contributed by atoms with Gasteiger partial charge in [0.2, 0.25) is 0 Å². The highest BCUT2D eigenvalue weighted by atomic mass is 16.5. The number of para-hydroxylation sites is 1. The molecule has 2 N–H and O–H groups in total. The van der Waals surface area contributed by atoms with E-state index < -0.39 is 0 Å². The van der Waals surface area contributed by atoms with E-state index in [0.29, 0.717) is 24.8 Å². The summed E-state index contributed by atoms with van der Waals surface area (Å²) >= 11 is 0. The molecule has 1 unspecified atom stereocenters. The van der Waals surface area contributed by atoms with Gasteiger partial charge in [0.15, 0.2) is 11.5 Å². The first-order chi connectivity index (χ1) is 8.69. The number of ether oxygens (including phenoxy) is 2. The summed E-state index contributed by atoms with van der Waals surface area (Å²) in [4.78, 5) is 0. The van der Waals surface area contributed by atoms with E-state index in [9.17, 15) is 5.11 Å². The van der Waals surface area contributed by atoms with Gasteiger partial charge in [-0.15, -0.1) is 0 Å². The molecule has 0 aliphatic heterocycles. The molecule has 4 heteroatoms. The maximum absolute atomic E-state index is 10.00. The van der Waals surface area contributed by atoms with Crippen molar-refractivity contribution in [3.63, 3.8) is 0 Å². The van der Waals surface area contributed by atoms with Crippen LogP contribution in [-0.2, 0) is 11.3 Å². The van der Waals surface area contributed by atoms with Crippen molar-refractivity contribution in [3.05, 3.63) is 23.8 Å². The van der Waals surface area contributed by atoms with Crippen molar-refractivity contribution in [1.29, 1.82) is 0 Å². The number of nitrogens with one attached hydrogen (secondary N) is 1. The summed E-state index contributed by atoms with van der Waals surface area (Å²) in [5, 5.41) is 13.3. The largest absolute Gasteiger partial charge is 0.504 e. The van der Waals surface area contributed by atoms with E-state index in [1.165, 1.54) is 0 Å². The summed E-state index contributed by atoms with van der Waals surface area (Å²) in [6.45, 7) is 6.78. The molecule has 0 bridgehead atoms. The minimum atomic E-state index is 0.228. The highest BCUT2D eigenvalue weighted by molar-refractivity contribution is 5.45. The molecular formula is C14H23NO3. The topological polar surface area (TPSA) is 50.7 Å². The molecule has 0 aromatic heterocycles. The van der Waals surface area contributed by atoms with Crippen LogP contribution >= 0.6 is 0 Å². The number of aromatic hydroxyl groups is 1. The number of hydrogen-bond donors (Lipinski definition) is 2. The Morgan fingerprint density at radius 1 is 1.39 bits per heavy atom. The highest BCUT2D eigenvalue weighted by Gasteiger charge is 2.08. The van der Waals surface area contributed by atoms with E-state index in [-0.39, 0.29) is 5.75 Å². The second-order valence-corrected chi connectivity index (χ2v) is 4.39. The van der Waals surface area contributed by atoms with Crippen molar-refractivity contribution in [2.45, 2.75) is 20.4 Å². The fourth-order valence-corrected chi connectivity index (χ4v) is 1.78. The molecule has 0 spiro atoms. The Bertz CT molecular complexity index is 355. The molecule has 0 aliphatic rings. The second-order valence-electron chi connectivity index (χ2n) is 4.39. The summed E-state index contributed by atoms with van der Waals surface area (Å²) in [5.74, 6) is 1.22. The Hall–Kier alpha value is -1.26. The molecule has 0 amide bonds. The van der Waals surface area contributed by atoms with Crippen LogP contribution < -0.4 is 10.1 Å². The Balaban J connectivity index is 2.49. The summed E-state index contributed by atoms with van der Waals surface area (Å²) in [6.07, 6.45) is 0. The number of rotatable bonds is 8. The first-order valence-corrected chi connectivity index (χ1v) is 6.32. The minimum Gasteiger partial charge on any atom is -0.504 e. The Labute approximate surface area is 109 Å². The van der Waals surface area contributed by atoms with E-state index in [0.717, 1.165) is 18.7 Å². The zero-order valence-electron chi connectivity index (χ0n) is 11.4. The van der Waals surface area contributed by atoms with Gasteiger partial charge in [0.05, 0.1) is 6.61 Å². The van der Waals surface area contributed by atoms with Crippen LogP contribution in [0.15, 0.2) is 18.2 Å². The smallest absolute Gasteiger partial charge is 0.162 e. The van der Waals surface area contributed by atoms with Crippen molar-refractivity contribution in [3.8, 4) is 11.5 Å². The van der Waals surface area contributed by atoms with Crippen molar-refractivity contribution < 1.29 is 14.6 Å². The molecule has 0 saturated carbocycles. The number of phenolic OH excluding ortho intramolecular Hbond substituents is 1. The SMILES string of the molecule is CCOc1cccc(CNCC(C)COC)c1O.